The molecule has 0 aliphatic carbocycles. The van der Waals surface area contributed by atoms with Gasteiger partial charge in [-0.25, -0.2) is 8.78 Å². The fourth-order valence-electron chi connectivity index (χ4n) is 2.24. The zero-order chi connectivity index (χ0) is 18.4. The quantitative estimate of drug-likeness (QED) is 0.851. The molecule has 0 aliphatic rings. The number of carbonyl (C=O) groups is 2. The predicted octanol–water partition coefficient (Wildman–Crippen LogP) is 3.40. The molecule has 2 aromatic rings. The maximum Gasteiger partial charge on any atom is 0.254 e. The second-order valence-corrected chi connectivity index (χ2v) is 5.95. The van der Waals surface area contributed by atoms with Crippen molar-refractivity contribution in [3.8, 4) is 0 Å². The Morgan fingerprint density at radius 3 is 2.60 bits per heavy atom. The van der Waals surface area contributed by atoms with Crippen molar-refractivity contribution in [3.05, 3.63) is 70.2 Å². The topological polar surface area (TPSA) is 49.4 Å². The van der Waals surface area contributed by atoms with Gasteiger partial charge in [-0.05, 0) is 29.8 Å². The van der Waals surface area contributed by atoms with Gasteiger partial charge in [0.15, 0.2) is 0 Å². The Morgan fingerprint density at radius 1 is 1.16 bits per heavy atom. The van der Waals surface area contributed by atoms with Gasteiger partial charge in [0.25, 0.3) is 5.91 Å². The summed E-state index contributed by atoms with van der Waals surface area (Å²) >= 11 is 5.90. The molecule has 1 N–H and O–H groups in total. The first-order valence-electron chi connectivity index (χ1n) is 7.58. The van der Waals surface area contributed by atoms with Crippen LogP contribution in [0, 0.1) is 11.6 Å². The van der Waals surface area contributed by atoms with Gasteiger partial charge >= 0.3 is 0 Å². The normalized spacial score (nSPS) is 10.4. The number of halogens is 3. The van der Waals surface area contributed by atoms with Crippen LogP contribution in [0.2, 0.25) is 5.02 Å². The monoisotopic (exact) mass is 366 g/mol. The van der Waals surface area contributed by atoms with Gasteiger partial charge in [-0.2, -0.15) is 0 Å². The predicted molar refractivity (Wildman–Crippen MR) is 91.2 cm³/mol. The molecule has 0 unspecified atom stereocenters. The minimum absolute atomic E-state index is 0.0500. The number of benzene rings is 2. The van der Waals surface area contributed by atoms with E-state index in [2.05, 4.69) is 5.32 Å². The molecule has 2 amide bonds. The molecular weight excluding hydrogens is 350 g/mol. The lowest BCUT2D eigenvalue weighted by Gasteiger charge is -2.17. The maximum absolute atomic E-state index is 13.5. The van der Waals surface area contributed by atoms with Crippen LogP contribution in [0.1, 0.15) is 22.3 Å². The average Bonchev–Trinajstić information content (AvgIpc) is 2.54. The number of hydrogen-bond acceptors (Lipinski definition) is 2. The Morgan fingerprint density at radius 2 is 1.92 bits per heavy atom. The first kappa shape index (κ1) is 18.9. The van der Waals surface area contributed by atoms with Gasteiger partial charge in [-0.1, -0.05) is 23.7 Å². The Labute approximate surface area is 149 Å². The first-order chi connectivity index (χ1) is 11.9. The lowest BCUT2D eigenvalue weighted by atomic mass is 10.2. The van der Waals surface area contributed by atoms with Gasteiger partial charge in [-0.15, -0.1) is 0 Å². The van der Waals surface area contributed by atoms with E-state index >= 15 is 0 Å². The number of rotatable bonds is 6. The molecule has 4 nitrogen and oxygen atoms in total. The molecule has 2 aromatic carbocycles. The minimum atomic E-state index is -0.943. The van der Waals surface area contributed by atoms with Crippen molar-refractivity contribution >= 4 is 23.4 Å². The van der Waals surface area contributed by atoms with Crippen molar-refractivity contribution in [2.45, 2.75) is 13.0 Å². The van der Waals surface area contributed by atoms with E-state index in [0.29, 0.717) is 17.6 Å². The first-order valence-corrected chi connectivity index (χ1v) is 7.96. The van der Waals surface area contributed by atoms with Crippen LogP contribution >= 0.6 is 11.6 Å². The molecule has 0 bridgehead atoms. The summed E-state index contributed by atoms with van der Waals surface area (Å²) < 4.78 is 26.3. The summed E-state index contributed by atoms with van der Waals surface area (Å²) in [5, 5.41) is 3.04. The van der Waals surface area contributed by atoms with Crippen molar-refractivity contribution in [1.29, 1.82) is 0 Å². The van der Waals surface area contributed by atoms with Crippen molar-refractivity contribution in [3.63, 3.8) is 0 Å². The molecule has 0 radical (unpaired) electrons. The van der Waals surface area contributed by atoms with E-state index in [-0.39, 0.29) is 24.4 Å². The molecule has 0 saturated carbocycles. The second-order valence-electron chi connectivity index (χ2n) is 5.51. The largest absolute Gasteiger partial charge is 0.351 e. The summed E-state index contributed by atoms with van der Waals surface area (Å²) in [5.74, 6) is -2.57. The summed E-state index contributed by atoms with van der Waals surface area (Å²) in [5.41, 5.74) is 0.627. The van der Waals surface area contributed by atoms with Crippen LogP contribution in [-0.2, 0) is 11.3 Å². The summed E-state index contributed by atoms with van der Waals surface area (Å²) in [6.07, 6.45) is 0.0611. The zero-order valence-electron chi connectivity index (χ0n) is 13.6. The third kappa shape index (κ3) is 5.53. The van der Waals surface area contributed by atoms with Crippen LogP contribution in [0.4, 0.5) is 8.78 Å². The van der Waals surface area contributed by atoms with Gasteiger partial charge in [0.1, 0.15) is 11.6 Å². The Balaban J connectivity index is 1.82. The molecule has 132 valence electrons. The van der Waals surface area contributed by atoms with Crippen LogP contribution in [0.15, 0.2) is 42.5 Å². The van der Waals surface area contributed by atoms with Gasteiger partial charge < -0.3 is 10.2 Å². The van der Waals surface area contributed by atoms with E-state index in [0.717, 1.165) is 17.7 Å². The van der Waals surface area contributed by atoms with Crippen molar-refractivity contribution < 1.29 is 18.4 Å². The van der Waals surface area contributed by atoms with Crippen LogP contribution in [-0.4, -0.2) is 30.3 Å². The number of hydrogen-bond donors (Lipinski definition) is 1. The lowest BCUT2D eigenvalue weighted by molar-refractivity contribution is -0.130. The van der Waals surface area contributed by atoms with Gasteiger partial charge in [0.2, 0.25) is 5.91 Å². The number of nitrogens with zero attached hydrogens (tertiary/aromatic N) is 1. The highest BCUT2D eigenvalue weighted by Crippen LogP contribution is 2.12. The van der Waals surface area contributed by atoms with Crippen molar-refractivity contribution in [1.82, 2.24) is 10.2 Å². The Kier molecular flexibility index (Phi) is 6.47. The molecule has 0 aliphatic heterocycles. The van der Waals surface area contributed by atoms with Crippen LogP contribution in [0.25, 0.3) is 0 Å². The van der Waals surface area contributed by atoms with Crippen molar-refractivity contribution in [2.24, 2.45) is 0 Å². The highest BCUT2D eigenvalue weighted by molar-refractivity contribution is 6.30. The van der Waals surface area contributed by atoms with E-state index < -0.39 is 17.5 Å². The van der Waals surface area contributed by atoms with Crippen LogP contribution in [0.3, 0.4) is 0 Å². The van der Waals surface area contributed by atoms with Gasteiger partial charge in [-0.3, -0.25) is 9.59 Å². The summed E-state index contributed by atoms with van der Waals surface area (Å²) in [7, 11) is 1.64. The second kappa shape index (κ2) is 8.58. The molecule has 7 heteroatoms. The fraction of sp³-hybridized carbons (Fsp3) is 0.222. The summed E-state index contributed by atoms with van der Waals surface area (Å²) in [6.45, 7) is 0.439. The lowest BCUT2D eigenvalue weighted by Crippen LogP contribution is -2.32. The van der Waals surface area contributed by atoms with Gasteiger partial charge in [0, 0.05) is 37.6 Å². The number of amides is 2. The number of carbonyl (C=O) groups excluding carboxylic acids is 2. The van der Waals surface area contributed by atoms with Crippen molar-refractivity contribution in [2.75, 3.05) is 13.6 Å². The van der Waals surface area contributed by atoms with E-state index in [1.165, 1.54) is 4.90 Å². The highest BCUT2D eigenvalue weighted by atomic mass is 35.5. The molecule has 0 atom stereocenters. The molecule has 25 heavy (non-hydrogen) atoms. The molecule has 0 heterocycles. The molecule has 2 rings (SSSR count). The van der Waals surface area contributed by atoms with E-state index in [9.17, 15) is 18.4 Å². The standard InChI is InChI=1S/C18H17ClF2N2O2/c1-23(11-12-3-2-4-13(19)9-12)17(24)7-8-22-18(25)15-6-5-14(20)10-16(15)21/h2-6,9-10H,7-8,11H2,1H3,(H,22,25). The smallest absolute Gasteiger partial charge is 0.254 e. The van der Waals surface area contributed by atoms with E-state index in [1.54, 1.807) is 25.2 Å². The Hall–Kier alpha value is -2.47. The van der Waals surface area contributed by atoms with Crippen LogP contribution in [0.5, 0.6) is 0 Å². The fourth-order valence-corrected chi connectivity index (χ4v) is 2.45. The number of nitrogens with one attached hydrogen (secondary N) is 1. The van der Waals surface area contributed by atoms with E-state index in [4.69, 9.17) is 11.6 Å². The van der Waals surface area contributed by atoms with Crippen LogP contribution < -0.4 is 5.32 Å². The molecule has 0 aromatic heterocycles. The third-order valence-electron chi connectivity index (χ3n) is 3.53. The highest BCUT2D eigenvalue weighted by Gasteiger charge is 2.14. The molecular formula is C18H17ClF2N2O2. The minimum Gasteiger partial charge on any atom is -0.351 e. The summed E-state index contributed by atoms with van der Waals surface area (Å²) in [6, 6.07) is 9.87. The zero-order valence-corrected chi connectivity index (χ0v) is 14.3. The summed E-state index contributed by atoms with van der Waals surface area (Å²) in [4.78, 5) is 25.4. The molecule has 0 spiro atoms. The van der Waals surface area contributed by atoms with E-state index in [1.807, 2.05) is 6.07 Å². The molecule has 0 saturated heterocycles. The maximum atomic E-state index is 13.5. The average molecular weight is 367 g/mol. The molecule has 0 fully saturated rings. The Bertz CT molecular complexity index is 783. The SMILES string of the molecule is CN(Cc1cccc(Cl)c1)C(=O)CCNC(=O)c1ccc(F)cc1F. The third-order valence-corrected chi connectivity index (χ3v) is 3.77. The van der Waals surface area contributed by atoms with Gasteiger partial charge in [0.05, 0.1) is 5.56 Å².